The first-order valence-electron chi connectivity index (χ1n) is 10.2. The first-order chi connectivity index (χ1) is 13.0. The number of aliphatic carboxylic acids is 1. The van der Waals surface area contributed by atoms with E-state index in [4.69, 9.17) is 0 Å². The van der Waals surface area contributed by atoms with Gasteiger partial charge in [0.25, 0.3) is 0 Å². The molecular weight excluding hydrogens is 406 g/mol. The summed E-state index contributed by atoms with van der Waals surface area (Å²) < 4.78 is 1.93. The van der Waals surface area contributed by atoms with E-state index < -0.39 is 5.97 Å². The fraction of sp³-hybridized carbons (Fsp3) is 0.591. The molecule has 0 bridgehead atoms. The van der Waals surface area contributed by atoms with Gasteiger partial charge in [-0.05, 0) is 31.4 Å². The van der Waals surface area contributed by atoms with Crippen molar-refractivity contribution >= 4 is 32.8 Å². The number of carboxylic acids is 1. The van der Waals surface area contributed by atoms with Crippen LogP contribution < -0.4 is 0 Å². The van der Waals surface area contributed by atoms with Crippen molar-refractivity contribution in [1.29, 1.82) is 0 Å². The van der Waals surface area contributed by atoms with Crippen molar-refractivity contribution in [2.24, 2.45) is 0 Å². The smallest absolute Gasteiger partial charge is 0.305 e. The second kappa shape index (κ2) is 11.4. The fourth-order valence-electron chi connectivity index (χ4n) is 3.69. The predicted octanol–water partition coefficient (Wildman–Crippen LogP) is 6.66. The van der Waals surface area contributed by atoms with Gasteiger partial charge in [-0.1, -0.05) is 73.5 Å². The molecule has 4 nitrogen and oxygen atoms in total. The number of para-hydroxylation sites is 1. The quantitative estimate of drug-likeness (QED) is 0.272. The lowest BCUT2D eigenvalue weighted by molar-refractivity contribution is -0.137. The Hall–Kier alpha value is -1.49. The molecule has 0 spiro atoms. The first kappa shape index (κ1) is 21.8. The summed E-state index contributed by atoms with van der Waals surface area (Å²) in [5, 5.41) is 20.3. The highest BCUT2D eigenvalue weighted by Gasteiger charge is 2.20. The Kier molecular flexibility index (Phi) is 9.19. The zero-order valence-corrected chi connectivity index (χ0v) is 17.8. The van der Waals surface area contributed by atoms with E-state index in [2.05, 4.69) is 22.9 Å². The highest BCUT2D eigenvalue weighted by atomic mass is 79.9. The van der Waals surface area contributed by atoms with Crippen LogP contribution >= 0.6 is 15.9 Å². The maximum atomic E-state index is 11.4. The Balaban J connectivity index is 1.92. The van der Waals surface area contributed by atoms with Crippen LogP contribution in [0.25, 0.3) is 10.9 Å². The summed E-state index contributed by atoms with van der Waals surface area (Å²) in [6.07, 6.45) is 12.3. The number of nitrogens with zero attached hydrogens (tertiary/aromatic N) is 1. The number of aromatic nitrogens is 1. The van der Waals surface area contributed by atoms with Crippen molar-refractivity contribution in [3.8, 4) is 5.75 Å². The molecule has 0 aliphatic rings. The Morgan fingerprint density at radius 1 is 1.07 bits per heavy atom. The molecule has 1 heterocycles. The third kappa shape index (κ3) is 6.87. The third-order valence-corrected chi connectivity index (χ3v) is 6.12. The normalized spacial score (nSPS) is 13.7. The summed E-state index contributed by atoms with van der Waals surface area (Å²) in [7, 11) is 0. The number of aromatic hydroxyl groups is 1. The number of unbranched alkanes of at least 4 members (excludes halogenated alkanes) is 5. The lowest BCUT2D eigenvalue weighted by Crippen LogP contribution is -2.14. The van der Waals surface area contributed by atoms with Crippen molar-refractivity contribution in [2.75, 3.05) is 0 Å². The van der Waals surface area contributed by atoms with Crippen molar-refractivity contribution in [3.63, 3.8) is 0 Å². The van der Waals surface area contributed by atoms with Crippen molar-refractivity contribution < 1.29 is 15.0 Å². The highest BCUT2D eigenvalue weighted by Crippen LogP contribution is 2.33. The van der Waals surface area contributed by atoms with E-state index in [0.29, 0.717) is 4.83 Å². The molecule has 27 heavy (non-hydrogen) atoms. The molecule has 2 aromatic rings. The Bertz CT molecular complexity index is 713. The molecule has 0 fully saturated rings. The van der Waals surface area contributed by atoms with E-state index in [1.807, 2.05) is 28.8 Å². The zero-order valence-electron chi connectivity index (χ0n) is 16.2. The zero-order chi connectivity index (χ0) is 19.6. The third-order valence-electron chi connectivity index (χ3n) is 5.21. The fourth-order valence-corrected chi connectivity index (χ4v) is 4.28. The van der Waals surface area contributed by atoms with Crippen LogP contribution in [0, 0.1) is 0 Å². The van der Waals surface area contributed by atoms with Crippen LogP contribution in [0.15, 0.2) is 30.5 Å². The van der Waals surface area contributed by atoms with Gasteiger partial charge in [-0.15, -0.1) is 0 Å². The van der Waals surface area contributed by atoms with Gasteiger partial charge < -0.3 is 14.8 Å². The van der Waals surface area contributed by atoms with Gasteiger partial charge in [-0.2, -0.15) is 0 Å². The minimum atomic E-state index is -0.806. The van der Waals surface area contributed by atoms with Crippen LogP contribution in [0.4, 0.5) is 0 Å². The number of carbonyl (C=O) groups is 1. The van der Waals surface area contributed by atoms with Gasteiger partial charge in [0.15, 0.2) is 0 Å². The maximum Gasteiger partial charge on any atom is 0.305 e. The summed E-state index contributed by atoms with van der Waals surface area (Å²) >= 11 is 3.78. The average Bonchev–Trinajstić information content (AvgIpc) is 2.98. The largest absolute Gasteiger partial charge is 0.506 e. The minimum Gasteiger partial charge on any atom is -0.506 e. The molecule has 0 aliphatic carbocycles. The molecule has 2 unspecified atom stereocenters. The molecule has 0 aliphatic heterocycles. The van der Waals surface area contributed by atoms with E-state index in [1.54, 1.807) is 6.20 Å². The van der Waals surface area contributed by atoms with Crippen molar-refractivity contribution in [2.45, 2.75) is 82.0 Å². The second-order valence-corrected chi connectivity index (χ2v) is 8.72. The Labute approximate surface area is 170 Å². The highest BCUT2D eigenvalue weighted by molar-refractivity contribution is 9.09. The molecule has 0 amide bonds. The van der Waals surface area contributed by atoms with E-state index in [0.717, 1.165) is 30.2 Å². The van der Waals surface area contributed by atoms with Gasteiger partial charge >= 0.3 is 5.97 Å². The number of fused-ring (bicyclic) bond motifs is 1. The molecule has 1 aromatic heterocycles. The van der Waals surface area contributed by atoms with Crippen LogP contribution in [-0.2, 0) is 4.79 Å². The molecule has 0 radical (unpaired) electrons. The minimum absolute atomic E-state index is 0.0643. The molecule has 0 saturated heterocycles. The number of benzene rings is 1. The lowest BCUT2D eigenvalue weighted by atomic mass is 10.0. The number of hydrogen-bond donors (Lipinski definition) is 2. The van der Waals surface area contributed by atoms with Crippen LogP contribution in [0.3, 0.4) is 0 Å². The van der Waals surface area contributed by atoms with Gasteiger partial charge in [-0.25, -0.2) is 0 Å². The van der Waals surface area contributed by atoms with Gasteiger partial charge in [-0.3, -0.25) is 4.79 Å². The van der Waals surface area contributed by atoms with Crippen LogP contribution in [-0.4, -0.2) is 25.6 Å². The Morgan fingerprint density at radius 2 is 1.78 bits per heavy atom. The molecule has 5 heteroatoms. The molecule has 0 saturated carbocycles. The van der Waals surface area contributed by atoms with Crippen LogP contribution in [0.2, 0.25) is 0 Å². The summed E-state index contributed by atoms with van der Waals surface area (Å²) in [6.45, 7) is 2.23. The van der Waals surface area contributed by atoms with Crippen LogP contribution in [0.5, 0.6) is 5.75 Å². The Morgan fingerprint density at radius 3 is 2.52 bits per heavy atom. The summed E-state index contributed by atoms with van der Waals surface area (Å²) in [4.78, 5) is 11.8. The lowest BCUT2D eigenvalue weighted by Gasteiger charge is -2.20. The van der Waals surface area contributed by atoms with Gasteiger partial charge in [0.05, 0.1) is 11.9 Å². The van der Waals surface area contributed by atoms with Gasteiger partial charge in [0, 0.05) is 22.5 Å². The summed E-state index contributed by atoms with van der Waals surface area (Å²) in [6, 6.07) is 7.45. The number of carboxylic acid groups (broad SMARTS) is 1. The van der Waals surface area contributed by atoms with Crippen molar-refractivity contribution in [3.05, 3.63) is 30.5 Å². The van der Waals surface area contributed by atoms with Crippen LogP contribution in [0.1, 0.15) is 77.2 Å². The maximum absolute atomic E-state index is 11.4. The number of hydrogen-bond acceptors (Lipinski definition) is 2. The molecule has 1 aromatic carbocycles. The van der Waals surface area contributed by atoms with Gasteiger partial charge in [0.2, 0.25) is 0 Å². The SMILES string of the molecule is CCCCCCCCC(Br)CCC(CC(=O)O)n1cc(O)c2ccccc21. The number of rotatable bonds is 13. The first-order valence-corrected chi connectivity index (χ1v) is 11.1. The van der Waals surface area contributed by atoms with Crippen molar-refractivity contribution in [1.82, 2.24) is 4.57 Å². The monoisotopic (exact) mass is 437 g/mol. The molecular formula is C22H32BrNO3. The van der Waals surface area contributed by atoms with E-state index >= 15 is 0 Å². The number of alkyl halides is 1. The van der Waals surface area contributed by atoms with Gasteiger partial charge in [0.1, 0.15) is 5.75 Å². The molecule has 150 valence electrons. The van der Waals surface area contributed by atoms with E-state index in [9.17, 15) is 15.0 Å². The summed E-state index contributed by atoms with van der Waals surface area (Å²) in [5.41, 5.74) is 0.892. The van der Waals surface area contributed by atoms with E-state index in [-0.39, 0.29) is 18.2 Å². The topological polar surface area (TPSA) is 62.5 Å². The molecule has 2 N–H and O–H groups in total. The summed E-state index contributed by atoms with van der Waals surface area (Å²) in [5.74, 6) is -0.595. The molecule has 2 atom stereocenters. The average molecular weight is 438 g/mol. The standard InChI is InChI=1S/C22H32BrNO3/c1-2-3-4-5-6-7-10-17(23)13-14-18(15-22(26)27)24-16-21(25)19-11-8-9-12-20(19)24/h8-9,11-12,16-18,25H,2-7,10,13-15H2,1H3,(H,26,27). The predicted molar refractivity (Wildman–Crippen MR) is 115 cm³/mol. The second-order valence-electron chi connectivity index (χ2n) is 7.42. The number of halogens is 1. The molecule has 2 rings (SSSR count). The van der Waals surface area contributed by atoms with E-state index in [1.165, 1.54) is 38.5 Å².